The number of rotatable bonds is 16. The number of aliphatic carboxylic acids is 1. The van der Waals surface area contributed by atoms with Crippen LogP contribution in [0.2, 0.25) is 0 Å². The highest BCUT2D eigenvalue weighted by Gasteiger charge is 2.34. The second kappa shape index (κ2) is 20.5. The van der Waals surface area contributed by atoms with Crippen LogP contribution < -0.4 is 43.0 Å². The number of carboxylic acid groups (broad SMARTS) is 1. The molecule has 0 radical (unpaired) electrons. The van der Waals surface area contributed by atoms with Gasteiger partial charge in [-0.1, -0.05) is 60.7 Å². The van der Waals surface area contributed by atoms with Crippen LogP contribution in [0, 0.1) is 0 Å². The maximum absolute atomic E-state index is 13.8. The molecule has 0 spiro atoms. The molecule has 2 aromatic heterocycles. The SMILES string of the molecule is CC(C)(C)OC(=O)N[C@@H](Cc1ccccc1)C(=O)Nc1ccc2n(c1=O)[C@H](C(=O)NCC(=O)N[C@@H](Cc1ccccc1)C(=O)Nc1ccc3n(c1=O)[C@H](C(=O)NCC(=O)O)CS3)CS2. The molecule has 2 aromatic carbocycles. The van der Waals surface area contributed by atoms with Gasteiger partial charge in [-0.05, 0) is 56.2 Å². The zero-order valence-corrected chi connectivity index (χ0v) is 36.5. The van der Waals surface area contributed by atoms with Crippen molar-refractivity contribution in [3.05, 3.63) is 117 Å². The fourth-order valence-electron chi connectivity index (χ4n) is 6.77. The van der Waals surface area contributed by atoms with Gasteiger partial charge in [0.2, 0.25) is 29.5 Å². The summed E-state index contributed by atoms with van der Waals surface area (Å²) in [6, 6.07) is 19.1. The number of carbonyl (C=O) groups excluding carboxylic acids is 6. The van der Waals surface area contributed by atoms with Gasteiger partial charge in [-0.25, -0.2) is 4.79 Å². The molecule has 6 amide bonds. The number of carboxylic acids is 1. The van der Waals surface area contributed by atoms with Crippen molar-refractivity contribution in [2.24, 2.45) is 0 Å². The molecule has 4 aromatic rings. The van der Waals surface area contributed by atoms with Gasteiger partial charge >= 0.3 is 12.1 Å². The third-order valence-corrected chi connectivity index (χ3v) is 12.0. The fraction of sp³-hybridized carbons (Fsp3) is 0.326. The number of alkyl carbamates (subject to hydrolysis) is 1. The number of amides is 6. The van der Waals surface area contributed by atoms with Gasteiger partial charge < -0.3 is 41.7 Å². The van der Waals surface area contributed by atoms with Crippen molar-refractivity contribution in [2.45, 2.75) is 73.4 Å². The summed E-state index contributed by atoms with van der Waals surface area (Å²) in [7, 11) is 0. The summed E-state index contributed by atoms with van der Waals surface area (Å²) in [5.41, 5.74) is -1.17. The quantitative estimate of drug-likeness (QED) is 0.0850. The van der Waals surface area contributed by atoms with E-state index in [1.54, 1.807) is 93.6 Å². The molecule has 336 valence electrons. The average Bonchev–Trinajstić information content (AvgIpc) is 3.90. The van der Waals surface area contributed by atoms with Crippen LogP contribution in [-0.2, 0) is 46.3 Å². The van der Waals surface area contributed by atoms with Gasteiger partial charge in [-0.2, -0.15) is 0 Å². The molecular formula is C43H46N8O11S2. The van der Waals surface area contributed by atoms with Gasteiger partial charge in [0.15, 0.2) is 0 Å². The number of nitrogens with zero attached hydrogens (tertiary/aromatic N) is 2. The Morgan fingerprint density at radius 2 is 1.09 bits per heavy atom. The van der Waals surface area contributed by atoms with E-state index in [0.717, 1.165) is 5.56 Å². The van der Waals surface area contributed by atoms with Crippen molar-refractivity contribution < 1.29 is 43.4 Å². The van der Waals surface area contributed by atoms with Crippen molar-refractivity contribution in [3.8, 4) is 0 Å². The topological polar surface area (TPSA) is 265 Å². The van der Waals surface area contributed by atoms with Gasteiger partial charge in [0.1, 0.15) is 47.7 Å². The van der Waals surface area contributed by atoms with Gasteiger partial charge in [0.05, 0.1) is 16.6 Å². The predicted molar refractivity (Wildman–Crippen MR) is 237 cm³/mol. The van der Waals surface area contributed by atoms with E-state index >= 15 is 0 Å². The normalized spacial score (nSPS) is 15.9. The minimum atomic E-state index is -1.25. The van der Waals surface area contributed by atoms with E-state index in [1.165, 1.54) is 44.8 Å². The summed E-state index contributed by atoms with van der Waals surface area (Å²) < 4.78 is 7.75. The molecule has 0 saturated carbocycles. The Bertz CT molecular complexity index is 2560. The number of nitrogens with one attached hydrogen (secondary N) is 6. The van der Waals surface area contributed by atoms with Crippen LogP contribution in [0.25, 0.3) is 0 Å². The van der Waals surface area contributed by atoms with E-state index in [1.807, 2.05) is 0 Å². The monoisotopic (exact) mass is 914 g/mol. The Morgan fingerprint density at radius 3 is 1.53 bits per heavy atom. The molecule has 21 heteroatoms. The molecule has 0 aliphatic carbocycles. The van der Waals surface area contributed by atoms with Gasteiger partial charge in [-0.15, -0.1) is 23.5 Å². The molecule has 0 bridgehead atoms. The Balaban J connectivity index is 1.12. The van der Waals surface area contributed by atoms with E-state index in [-0.39, 0.29) is 35.7 Å². The standard InChI is InChI=1S/C43H46N8O11S2/c1-43(2,3)62-42(61)49-29(19-25-12-8-5-9-13-25)37(56)48-27-15-17-33-50(41(27)60)30(22-63-33)38(57)44-20-32(52)46-28(18-24-10-6-4-7-11-24)36(55)47-26-14-16-34-51(40(26)59)31(23-64-34)39(58)45-21-35(53)54/h4-17,28-31H,18-23H2,1-3H3,(H,44,57)(H,45,58)(H,46,52)(H,47,55)(H,48,56)(H,49,61)(H,53,54)/t28-,29-,30-,31-/m0/s1. The largest absolute Gasteiger partial charge is 0.480 e. The van der Waals surface area contributed by atoms with Crippen molar-refractivity contribution in [2.75, 3.05) is 35.2 Å². The van der Waals surface area contributed by atoms with Crippen molar-refractivity contribution in [1.29, 1.82) is 0 Å². The van der Waals surface area contributed by atoms with Gasteiger partial charge in [0.25, 0.3) is 11.1 Å². The van der Waals surface area contributed by atoms with Crippen LogP contribution in [0.4, 0.5) is 16.2 Å². The van der Waals surface area contributed by atoms with E-state index < -0.39 is 95.6 Å². The average molecular weight is 915 g/mol. The van der Waals surface area contributed by atoms with E-state index in [2.05, 4.69) is 31.9 Å². The molecule has 0 saturated heterocycles. The smallest absolute Gasteiger partial charge is 0.408 e. The highest BCUT2D eigenvalue weighted by atomic mass is 32.2. The first-order valence-corrected chi connectivity index (χ1v) is 22.0. The van der Waals surface area contributed by atoms with Crippen molar-refractivity contribution in [1.82, 2.24) is 30.4 Å². The minimum Gasteiger partial charge on any atom is -0.480 e. The maximum atomic E-state index is 13.8. The van der Waals surface area contributed by atoms with Crippen molar-refractivity contribution in [3.63, 3.8) is 0 Å². The fourth-order valence-corrected chi connectivity index (χ4v) is 9.06. The third-order valence-electron chi connectivity index (χ3n) is 9.74. The summed E-state index contributed by atoms with van der Waals surface area (Å²) in [6.45, 7) is 3.81. The Kier molecular flexibility index (Phi) is 15.0. The Labute approximate surface area is 374 Å². The van der Waals surface area contributed by atoms with E-state index in [0.29, 0.717) is 15.6 Å². The Morgan fingerprint density at radius 1 is 0.656 bits per heavy atom. The van der Waals surface area contributed by atoms with Crippen molar-refractivity contribution >= 4 is 76.5 Å². The highest BCUT2D eigenvalue weighted by molar-refractivity contribution is 7.99. The molecule has 4 atom stereocenters. The first-order chi connectivity index (χ1) is 30.5. The summed E-state index contributed by atoms with van der Waals surface area (Å²) in [6.07, 6.45) is -0.755. The number of ether oxygens (including phenoxy) is 1. The molecule has 0 fully saturated rings. The lowest BCUT2D eigenvalue weighted by molar-refractivity contribution is -0.138. The molecule has 0 unspecified atom stereocenters. The van der Waals surface area contributed by atoms with Crippen LogP contribution in [-0.4, -0.2) is 98.1 Å². The number of aromatic nitrogens is 2. The summed E-state index contributed by atoms with van der Waals surface area (Å²) >= 11 is 2.44. The highest BCUT2D eigenvalue weighted by Crippen LogP contribution is 2.33. The number of thioether (sulfide) groups is 2. The number of hydrogen-bond acceptors (Lipinski definition) is 12. The second-order valence-electron chi connectivity index (χ2n) is 15.7. The van der Waals surface area contributed by atoms with Crippen LogP contribution in [0.15, 0.2) is 105 Å². The minimum absolute atomic E-state index is 0.00919. The number of hydrogen-bond donors (Lipinski definition) is 7. The zero-order chi connectivity index (χ0) is 46.1. The van der Waals surface area contributed by atoms with Gasteiger partial charge in [-0.3, -0.25) is 47.5 Å². The molecule has 64 heavy (non-hydrogen) atoms. The molecule has 19 nitrogen and oxygen atoms in total. The number of pyridine rings is 2. The number of fused-ring (bicyclic) bond motifs is 2. The van der Waals surface area contributed by atoms with Gasteiger partial charge in [0, 0.05) is 24.3 Å². The Hall–Kier alpha value is -6.87. The first-order valence-electron chi connectivity index (χ1n) is 20.0. The molecule has 4 heterocycles. The number of anilines is 2. The molecular weight excluding hydrogens is 869 g/mol. The summed E-state index contributed by atoms with van der Waals surface area (Å²) in [5.74, 6) is -4.55. The van der Waals surface area contributed by atoms with E-state index in [4.69, 9.17) is 9.84 Å². The van der Waals surface area contributed by atoms with Crippen LogP contribution >= 0.6 is 23.5 Å². The van der Waals surface area contributed by atoms with Crippen LogP contribution in [0.1, 0.15) is 44.0 Å². The number of carbonyl (C=O) groups is 7. The molecule has 7 N–H and O–H groups in total. The predicted octanol–water partition coefficient (Wildman–Crippen LogP) is 2.06. The maximum Gasteiger partial charge on any atom is 0.408 e. The summed E-state index contributed by atoms with van der Waals surface area (Å²) in [5, 5.41) is 25.0. The molecule has 2 aliphatic rings. The lowest BCUT2D eigenvalue weighted by atomic mass is 10.0. The summed E-state index contributed by atoms with van der Waals surface area (Å²) in [4.78, 5) is 118. The zero-order valence-electron chi connectivity index (χ0n) is 34.9. The lowest BCUT2D eigenvalue weighted by Crippen LogP contribution is -2.50. The second-order valence-corrected chi connectivity index (χ2v) is 17.8. The molecule has 2 aliphatic heterocycles. The first kappa shape index (κ1) is 46.6. The third kappa shape index (κ3) is 12.0. The van der Waals surface area contributed by atoms with Crippen LogP contribution in [0.3, 0.4) is 0 Å². The van der Waals surface area contributed by atoms with Crippen LogP contribution in [0.5, 0.6) is 0 Å². The lowest BCUT2D eigenvalue weighted by Gasteiger charge is -2.23. The van der Waals surface area contributed by atoms with E-state index in [9.17, 15) is 43.2 Å². The molecule has 6 rings (SSSR count). The number of benzene rings is 2.